The molecule has 24 heavy (non-hydrogen) atoms. The molecule has 0 atom stereocenters. The van der Waals surface area contributed by atoms with E-state index in [1.54, 1.807) is 18.2 Å². The molecule has 0 bridgehead atoms. The molecule has 0 saturated heterocycles. The summed E-state index contributed by atoms with van der Waals surface area (Å²) in [6.45, 7) is 0.0826. The molecule has 0 amide bonds. The van der Waals surface area contributed by atoms with Gasteiger partial charge in [0.15, 0.2) is 0 Å². The summed E-state index contributed by atoms with van der Waals surface area (Å²) in [5.41, 5.74) is 1.42. The molecule has 0 spiro atoms. The van der Waals surface area contributed by atoms with Gasteiger partial charge in [-0.05, 0) is 18.2 Å². The van der Waals surface area contributed by atoms with Crippen LogP contribution in [0, 0.1) is 0 Å². The summed E-state index contributed by atoms with van der Waals surface area (Å²) in [5.74, 6) is -0.531. The molecule has 6 heteroatoms. The Balaban J connectivity index is 1.61. The van der Waals surface area contributed by atoms with Gasteiger partial charge in [0, 0.05) is 17.0 Å². The van der Waals surface area contributed by atoms with E-state index in [9.17, 15) is 9.59 Å². The number of benzene rings is 2. The molecule has 118 valence electrons. The second kappa shape index (κ2) is 5.90. The fourth-order valence-electron chi connectivity index (χ4n) is 2.56. The van der Waals surface area contributed by atoms with Crippen LogP contribution in [0.25, 0.3) is 21.1 Å². The van der Waals surface area contributed by atoms with Gasteiger partial charge in [-0.1, -0.05) is 30.3 Å². The molecule has 4 rings (SSSR count). The van der Waals surface area contributed by atoms with E-state index in [0.717, 1.165) is 15.2 Å². The average Bonchev–Trinajstić information content (AvgIpc) is 3.02. The van der Waals surface area contributed by atoms with Crippen LogP contribution in [0.1, 0.15) is 15.4 Å². The van der Waals surface area contributed by atoms with Crippen molar-refractivity contribution in [2.24, 2.45) is 0 Å². The maximum Gasteiger partial charge on any atom is 0.339 e. The number of nitrogens with zero attached hydrogens (tertiary/aromatic N) is 1. The van der Waals surface area contributed by atoms with Crippen molar-refractivity contribution in [2.45, 2.75) is 6.61 Å². The van der Waals surface area contributed by atoms with Gasteiger partial charge in [0.1, 0.15) is 11.6 Å². The van der Waals surface area contributed by atoms with Crippen LogP contribution in [0.3, 0.4) is 0 Å². The summed E-state index contributed by atoms with van der Waals surface area (Å²) >= 11 is 1.48. The first kappa shape index (κ1) is 14.6. The number of ether oxygens (including phenoxy) is 1. The maximum atomic E-state index is 12.4. The van der Waals surface area contributed by atoms with Crippen molar-refractivity contribution >= 4 is 38.4 Å². The fraction of sp³-hybridized carbons (Fsp3) is 0.0556. The van der Waals surface area contributed by atoms with E-state index in [1.165, 1.54) is 17.4 Å². The summed E-state index contributed by atoms with van der Waals surface area (Å²) in [5, 5.41) is 1.38. The number of hydrogen-bond donors (Lipinski definition) is 1. The minimum atomic E-state index is -0.531. The van der Waals surface area contributed by atoms with E-state index in [-0.39, 0.29) is 17.7 Å². The van der Waals surface area contributed by atoms with Crippen LogP contribution in [-0.4, -0.2) is 15.9 Å². The van der Waals surface area contributed by atoms with Crippen LogP contribution in [0.5, 0.6) is 0 Å². The van der Waals surface area contributed by atoms with Gasteiger partial charge in [0.25, 0.3) is 0 Å². The van der Waals surface area contributed by atoms with E-state index < -0.39 is 5.97 Å². The molecular weight excluding hydrogens is 324 g/mol. The topological polar surface area (TPSA) is 72.0 Å². The number of para-hydroxylation sites is 2. The molecule has 2 aromatic carbocycles. The zero-order valence-corrected chi connectivity index (χ0v) is 13.3. The second-order valence-corrected chi connectivity index (χ2v) is 6.36. The number of carbonyl (C=O) groups is 1. The summed E-state index contributed by atoms with van der Waals surface area (Å²) in [6, 6.07) is 16.2. The van der Waals surface area contributed by atoms with Crippen LogP contribution >= 0.6 is 11.3 Å². The zero-order valence-electron chi connectivity index (χ0n) is 12.5. The molecule has 2 heterocycles. The molecule has 0 radical (unpaired) electrons. The highest BCUT2D eigenvalue weighted by Gasteiger charge is 2.14. The van der Waals surface area contributed by atoms with Crippen LogP contribution in [0.2, 0.25) is 0 Å². The lowest BCUT2D eigenvalue weighted by Gasteiger charge is -2.06. The fourth-order valence-corrected chi connectivity index (χ4v) is 3.44. The Hall–Kier alpha value is -2.99. The van der Waals surface area contributed by atoms with Crippen molar-refractivity contribution in [1.29, 1.82) is 0 Å². The van der Waals surface area contributed by atoms with Gasteiger partial charge in [-0.2, -0.15) is 0 Å². The number of nitrogens with one attached hydrogen (secondary N) is 1. The lowest BCUT2D eigenvalue weighted by atomic mass is 10.1. The zero-order chi connectivity index (χ0) is 16.5. The quantitative estimate of drug-likeness (QED) is 0.581. The van der Waals surface area contributed by atoms with Gasteiger partial charge in [-0.15, -0.1) is 11.3 Å². The Kier molecular flexibility index (Phi) is 3.59. The average molecular weight is 336 g/mol. The number of rotatable bonds is 3. The first-order valence-electron chi connectivity index (χ1n) is 7.34. The minimum Gasteiger partial charge on any atom is -0.455 e. The van der Waals surface area contributed by atoms with Crippen molar-refractivity contribution in [2.75, 3.05) is 0 Å². The molecule has 4 aromatic rings. The standard InChI is InChI=1S/C18H12N2O3S/c21-16-9-12(11-5-1-2-6-13(11)19-16)18(22)23-10-17-20-14-7-3-4-8-15(14)24-17/h1-9H,10H2,(H,19,21). The SMILES string of the molecule is O=C(OCc1nc2ccccc2s1)c1cc(=O)[nH]c2ccccc12. The van der Waals surface area contributed by atoms with Crippen LogP contribution in [0.15, 0.2) is 59.4 Å². The summed E-state index contributed by atoms with van der Waals surface area (Å²) in [4.78, 5) is 31.3. The van der Waals surface area contributed by atoms with Crippen molar-refractivity contribution < 1.29 is 9.53 Å². The molecule has 2 aromatic heterocycles. The highest BCUT2D eigenvalue weighted by atomic mass is 32.1. The third-order valence-electron chi connectivity index (χ3n) is 3.64. The van der Waals surface area contributed by atoms with Gasteiger partial charge >= 0.3 is 5.97 Å². The smallest absolute Gasteiger partial charge is 0.339 e. The lowest BCUT2D eigenvalue weighted by Crippen LogP contribution is -2.12. The summed E-state index contributed by atoms with van der Waals surface area (Å²) in [6.07, 6.45) is 0. The highest BCUT2D eigenvalue weighted by molar-refractivity contribution is 7.18. The van der Waals surface area contributed by atoms with E-state index in [0.29, 0.717) is 10.9 Å². The molecule has 0 aliphatic heterocycles. The van der Waals surface area contributed by atoms with E-state index in [2.05, 4.69) is 9.97 Å². The molecule has 0 saturated carbocycles. The number of pyridine rings is 1. The number of aromatic nitrogens is 2. The van der Waals surface area contributed by atoms with Gasteiger partial charge in [0.2, 0.25) is 5.56 Å². The minimum absolute atomic E-state index is 0.0826. The number of H-pyrrole nitrogens is 1. The van der Waals surface area contributed by atoms with Gasteiger partial charge in [-0.25, -0.2) is 9.78 Å². The predicted octanol–water partition coefficient (Wildman–Crippen LogP) is 3.49. The highest BCUT2D eigenvalue weighted by Crippen LogP contribution is 2.23. The van der Waals surface area contributed by atoms with Crippen molar-refractivity contribution in [3.05, 3.63) is 75.5 Å². The predicted molar refractivity (Wildman–Crippen MR) is 93.3 cm³/mol. The van der Waals surface area contributed by atoms with Crippen molar-refractivity contribution in [3.8, 4) is 0 Å². The number of aromatic amines is 1. The van der Waals surface area contributed by atoms with Gasteiger partial charge in [0.05, 0.1) is 15.8 Å². The van der Waals surface area contributed by atoms with E-state index >= 15 is 0 Å². The number of carbonyl (C=O) groups excluding carboxylic acids is 1. The first-order chi connectivity index (χ1) is 11.7. The van der Waals surface area contributed by atoms with Crippen molar-refractivity contribution in [3.63, 3.8) is 0 Å². The Bertz CT molecular complexity index is 1080. The van der Waals surface area contributed by atoms with E-state index in [1.807, 2.05) is 30.3 Å². The van der Waals surface area contributed by atoms with Gasteiger partial charge in [-0.3, -0.25) is 4.79 Å². The maximum absolute atomic E-state index is 12.4. The lowest BCUT2D eigenvalue weighted by molar-refractivity contribution is 0.0475. The first-order valence-corrected chi connectivity index (χ1v) is 8.16. The molecule has 5 nitrogen and oxygen atoms in total. The van der Waals surface area contributed by atoms with Crippen molar-refractivity contribution in [1.82, 2.24) is 9.97 Å². The Morgan fingerprint density at radius 3 is 2.79 bits per heavy atom. The van der Waals surface area contributed by atoms with E-state index in [4.69, 9.17) is 4.74 Å². The molecule has 1 N–H and O–H groups in total. The molecule has 0 unspecified atom stereocenters. The number of hydrogen-bond acceptors (Lipinski definition) is 5. The van der Waals surface area contributed by atoms with Crippen LogP contribution < -0.4 is 5.56 Å². The third kappa shape index (κ3) is 2.68. The summed E-state index contributed by atoms with van der Waals surface area (Å²) < 4.78 is 6.41. The molecular formula is C18H12N2O3S. The molecule has 0 aliphatic carbocycles. The van der Waals surface area contributed by atoms with Gasteiger partial charge < -0.3 is 9.72 Å². The third-order valence-corrected chi connectivity index (χ3v) is 4.65. The normalized spacial score (nSPS) is 11.0. The van der Waals surface area contributed by atoms with Crippen LogP contribution in [-0.2, 0) is 11.3 Å². The number of thiazole rings is 1. The van der Waals surface area contributed by atoms with Crippen LogP contribution in [0.4, 0.5) is 0 Å². The monoisotopic (exact) mass is 336 g/mol. The number of esters is 1. The number of fused-ring (bicyclic) bond motifs is 2. The Morgan fingerprint density at radius 2 is 1.92 bits per heavy atom. The molecule has 0 aliphatic rings. The Morgan fingerprint density at radius 1 is 1.12 bits per heavy atom. The second-order valence-electron chi connectivity index (χ2n) is 5.24. The Labute approximate surface area is 140 Å². The molecule has 0 fully saturated rings. The summed E-state index contributed by atoms with van der Waals surface area (Å²) in [7, 11) is 0. The largest absolute Gasteiger partial charge is 0.455 e.